The Morgan fingerprint density at radius 3 is 2.62 bits per heavy atom. The van der Waals surface area contributed by atoms with Crippen molar-refractivity contribution in [1.29, 1.82) is 0 Å². The highest BCUT2D eigenvalue weighted by Crippen LogP contribution is 2.25. The highest BCUT2D eigenvalue weighted by molar-refractivity contribution is 9.10. The van der Waals surface area contributed by atoms with Gasteiger partial charge in [0.05, 0.1) is 12.2 Å². The van der Waals surface area contributed by atoms with Crippen LogP contribution in [0.1, 0.15) is 11.1 Å². The van der Waals surface area contributed by atoms with E-state index in [0.717, 1.165) is 16.6 Å². The summed E-state index contributed by atoms with van der Waals surface area (Å²) in [5, 5.41) is 10.5. The monoisotopic (exact) mass is 438 g/mol. The largest absolute Gasteiger partial charge is 0.392 e. The number of halogens is 3. The first-order valence-corrected chi connectivity index (χ1v) is 8.72. The Morgan fingerprint density at radius 2 is 1.96 bits per heavy atom. The molecule has 0 atom stereocenters. The molecule has 0 amide bonds. The van der Waals surface area contributed by atoms with Crippen LogP contribution in [-0.2, 0) is 6.61 Å². The number of thiocarbonyl (C=S) groups is 1. The summed E-state index contributed by atoms with van der Waals surface area (Å²) < 4.78 is 27.5. The van der Waals surface area contributed by atoms with Gasteiger partial charge in [0.1, 0.15) is 4.99 Å². The molecule has 0 spiro atoms. The molecule has 2 aromatic carbocycles. The van der Waals surface area contributed by atoms with E-state index in [0.29, 0.717) is 16.5 Å². The Bertz CT molecular complexity index is 1080. The maximum atomic E-state index is 13.5. The molecule has 1 aromatic heterocycles. The summed E-state index contributed by atoms with van der Waals surface area (Å²) >= 11 is 8.77. The third kappa shape index (κ3) is 3.27. The molecule has 4 nitrogen and oxygen atoms in total. The third-order valence-corrected chi connectivity index (χ3v) is 5.02. The van der Waals surface area contributed by atoms with Crippen LogP contribution in [0.3, 0.4) is 0 Å². The lowest BCUT2D eigenvalue weighted by atomic mass is 10.0. The molecule has 1 heterocycles. The van der Waals surface area contributed by atoms with Gasteiger partial charge in [-0.1, -0.05) is 28.1 Å². The van der Waals surface area contributed by atoms with Crippen molar-refractivity contribution in [1.82, 2.24) is 4.98 Å². The fraction of sp³-hybridized carbons (Fsp3) is 0.111. The van der Waals surface area contributed by atoms with E-state index in [9.17, 15) is 18.7 Å². The van der Waals surface area contributed by atoms with E-state index < -0.39 is 23.8 Å². The van der Waals surface area contributed by atoms with Gasteiger partial charge in [0.25, 0.3) is 5.56 Å². The number of benzene rings is 2. The first kappa shape index (κ1) is 18.6. The summed E-state index contributed by atoms with van der Waals surface area (Å²) in [5.41, 5.74) is 0.851. The number of rotatable bonds is 3. The highest BCUT2D eigenvalue weighted by Gasteiger charge is 2.20. The number of H-pyrrole nitrogens is 1. The number of nitrogens with one attached hydrogen (secondary N) is 1. The number of pyridine rings is 1. The number of aromatic nitrogens is 1. The van der Waals surface area contributed by atoms with Crippen molar-refractivity contribution < 1.29 is 13.9 Å². The molecule has 0 saturated heterocycles. The van der Waals surface area contributed by atoms with Gasteiger partial charge in [0, 0.05) is 39.7 Å². The fourth-order valence-electron chi connectivity index (χ4n) is 2.70. The summed E-state index contributed by atoms with van der Waals surface area (Å²) in [6, 6.07) is 8.58. The van der Waals surface area contributed by atoms with Gasteiger partial charge >= 0.3 is 0 Å². The van der Waals surface area contributed by atoms with Gasteiger partial charge in [-0.2, -0.15) is 0 Å². The molecule has 0 fully saturated rings. The molecule has 3 aromatic rings. The number of hydrogen-bond donors (Lipinski definition) is 2. The Labute approximate surface area is 161 Å². The topological polar surface area (TPSA) is 56.3 Å². The number of anilines is 1. The molecule has 0 radical (unpaired) electrons. The zero-order valence-electron chi connectivity index (χ0n) is 13.5. The van der Waals surface area contributed by atoms with Crippen LogP contribution in [0.2, 0.25) is 0 Å². The second-order valence-corrected chi connectivity index (χ2v) is 6.92. The first-order valence-electron chi connectivity index (χ1n) is 7.52. The quantitative estimate of drug-likeness (QED) is 0.609. The number of aromatic amines is 1. The van der Waals surface area contributed by atoms with Crippen molar-refractivity contribution in [3.63, 3.8) is 0 Å². The minimum Gasteiger partial charge on any atom is -0.392 e. The molecule has 2 N–H and O–H groups in total. The van der Waals surface area contributed by atoms with Crippen molar-refractivity contribution in [3.8, 4) is 0 Å². The number of fused-ring (bicyclic) bond motifs is 1. The lowest BCUT2D eigenvalue weighted by molar-refractivity contribution is 0.283. The molecule has 3 rings (SSSR count). The summed E-state index contributed by atoms with van der Waals surface area (Å²) in [4.78, 5) is 16.8. The van der Waals surface area contributed by atoms with Gasteiger partial charge < -0.3 is 15.0 Å². The van der Waals surface area contributed by atoms with Gasteiger partial charge in [-0.05, 0) is 30.3 Å². The molecule has 0 saturated carbocycles. The van der Waals surface area contributed by atoms with Crippen LogP contribution < -0.4 is 10.5 Å². The predicted octanol–water partition coefficient (Wildman–Crippen LogP) is 3.87. The van der Waals surface area contributed by atoms with E-state index >= 15 is 0 Å². The molecule has 26 heavy (non-hydrogen) atoms. The van der Waals surface area contributed by atoms with Crippen molar-refractivity contribution >= 4 is 49.7 Å². The van der Waals surface area contributed by atoms with Gasteiger partial charge in [0.15, 0.2) is 11.6 Å². The second-order valence-electron chi connectivity index (χ2n) is 5.62. The van der Waals surface area contributed by atoms with Crippen molar-refractivity contribution in [2.45, 2.75) is 6.61 Å². The fourth-order valence-corrected chi connectivity index (χ4v) is 3.38. The smallest absolute Gasteiger partial charge is 0.259 e. The number of aliphatic hydroxyl groups is 1. The van der Waals surface area contributed by atoms with Crippen molar-refractivity contribution in [2.75, 3.05) is 11.9 Å². The van der Waals surface area contributed by atoms with Crippen LogP contribution in [0.15, 0.2) is 45.7 Å². The van der Waals surface area contributed by atoms with Gasteiger partial charge in [-0.25, -0.2) is 8.78 Å². The molecule has 0 aliphatic heterocycles. The van der Waals surface area contributed by atoms with E-state index in [1.165, 1.54) is 11.0 Å². The normalized spacial score (nSPS) is 11.0. The number of aliphatic hydroxyl groups excluding tert-OH is 1. The molecule has 0 unspecified atom stereocenters. The van der Waals surface area contributed by atoms with Crippen LogP contribution in [0.5, 0.6) is 0 Å². The molecular weight excluding hydrogens is 426 g/mol. The highest BCUT2D eigenvalue weighted by atomic mass is 79.9. The van der Waals surface area contributed by atoms with E-state index in [-0.39, 0.29) is 16.2 Å². The average Bonchev–Trinajstić information content (AvgIpc) is 2.62. The van der Waals surface area contributed by atoms with Crippen LogP contribution in [0, 0.1) is 11.6 Å². The molecule has 0 bridgehead atoms. The van der Waals surface area contributed by atoms with Gasteiger partial charge in [0.2, 0.25) is 0 Å². The summed E-state index contributed by atoms with van der Waals surface area (Å²) in [5.74, 6) is -1.99. The Balaban J connectivity index is 2.17. The van der Waals surface area contributed by atoms with Gasteiger partial charge in [-0.15, -0.1) is 0 Å². The van der Waals surface area contributed by atoms with Crippen molar-refractivity contribution in [2.24, 2.45) is 0 Å². The predicted molar refractivity (Wildman–Crippen MR) is 105 cm³/mol. The van der Waals surface area contributed by atoms with Gasteiger partial charge in [-0.3, -0.25) is 4.79 Å². The van der Waals surface area contributed by atoms with E-state index in [1.54, 1.807) is 25.2 Å². The van der Waals surface area contributed by atoms with E-state index in [2.05, 4.69) is 20.9 Å². The maximum absolute atomic E-state index is 13.5. The second kappa shape index (κ2) is 7.22. The summed E-state index contributed by atoms with van der Waals surface area (Å²) in [7, 11) is 1.54. The van der Waals surface area contributed by atoms with Crippen LogP contribution in [0.25, 0.3) is 10.9 Å². The van der Waals surface area contributed by atoms with Crippen LogP contribution >= 0.6 is 28.1 Å². The number of hydrogen-bond acceptors (Lipinski definition) is 3. The zero-order valence-corrected chi connectivity index (χ0v) is 15.9. The summed E-state index contributed by atoms with van der Waals surface area (Å²) in [6.45, 7) is -0.405. The molecule has 0 aliphatic carbocycles. The average molecular weight is 439 g/mol. The lowest BCUT2D eigenvalue weighted by Gasteiger charge is -2.22. The standard InChI is InChI=1S/C18H13BrF2N2O2S/c1-23(10-3-4-13(20)14(21)7-10)18(26)16-12(8-24)11-6-9(19)2-5-15(11)22-17(16)25/h2-7,24H,8H2,1H3,(H,22,25). The maximum Gasteiger partial charge on any atom is 0.259 e. The third-order valence-electron chi connectivity index (χ3n) is 4.05. The number of nitrogens with zero attached hydrogens (tertiary/aromatic N) is 1. The first-order chi connectivity index (χ1) is 12.3. The Kier molecular flexibility index (Phi) is 5.17. The molecule has 0 aliphatic rings. The Morgan fingerprint density at radius 1 is 1.23 bits per heavy atom. The van der Waals surface area contributed by atoms with Crippen molar-refractivity contribution in [3.05, 3.63) is 74.0 Å². The molecular formula is C18H13BrF2N2O2S. The lowest BCUT2D eigenvalue weighted by Crippen LogP contribution is -2.32. The molecule has 8 heteroatoms. The van der Waals surface area contributed by atoms with Crippen LogP contribution in [-0.4, -0.2) is 22.1 Å². The SMILES string of the molecule is CN(C(=S)c1c(CO)c2cc(Br)ccc2[nH]c1=O)c1ccc(F)c(F)c1. The van der Waals surface area contributed by atoms with E-state index in [1.807, 2.05) is 0 Å². The minimum absolute atomic E-state index is 0.0863. The van der Waals surface area contributed by atoms with Crippen LogP contribution in [0.4, 0.5) is 14.5 Å². The minimum atomic E-state index is -1.02. The Hall–Kier alpha value is -2.16. The molecule has 134 valence electrons. The zero-order chi connectivity index (χ0) is 19.0. The van der Waals surface area contributed by atoms with E-state index in [4.69, 9.17) is 12.2 Å². The summed E-state index contributed by atoms with van der Waals surface area (Å²) in [6.07, 6.45) is 0.